The molecular weight excluding hydrogens is 256 g/mol. The number of nitrogens with one attached hydrogen (secondary N) is 1. The molecule has 0 amide bonds. The third-order valence-corrected chi connectivity index (χ3v) is 4.81. The third kappa shape index (κ3) is 1.52. The van der Waals surface area contributed by atoms with Gasteiger partial charge < -0.3 is 0 Å². The van der Waals surface area contributed by atoms with Crippen molar-refractivity contribution in [2.45, 2.75) is 19.6 Å². The second kappa shape index (κ2) is 3.20. The first-order valence-corrected chi connectivity index (χ1v) is 8.92. The van der Waals surface area contributed by atoms with E-state index in [-0.39, 0.29) is 0 Å². The van der Waals surface area contributed by atoms with Gasteiger partial charge in [0, 0.05) is 15.2 Å². The average molecular weight is 269 g/mol. The Morgan fingerprint density at radius 1 is 1.29 bits per heavy atom. The van der Waals surface area contributed by atoms with Crippen molar-refractivity contribution in [3.8, 4) is 0 Å². The molecule has 1 aromatic carbocycles. The fourth-order valence-electron chi connectivity index (χ4n) is 1.57. The third-order valence-electron chi connectivity index (χ3n) is 2.29. The van der Waals surface area contributed by atoms with Crippen molar-refractivity contribution in [1.29, 1.82) is 0 Å². The number of fused-ring (bicyclic) bond motifs is 1. The van der Waals surface area contributed by atoms with Crippen LogP contribution in [-0.2, 0) is 0 Å². The van der Waals surface area contributed by atoms with E-state index in [1.165, 1.54) is 10.7 Å². The zero-order valence-electron chi connectivity index (χ0n) is 8.56. The lowest BCUT2D eigenvalue weighted by Crippen LogP contribution is -2.39. The van der Waals surface area contributed by atoms with E-state index in [0.29, 0.717) is 0 Å². The highest BCUT2D eigenvalue weighted by molar-refractivity contribution is 9.10. The van der Waals surface area contributed by atoms with Crippen molar-refractivity contribution >= 4 is 40.2 Å². The highest BCUT2D eigenvalue weighted by Crippen LogP contribution is 2.21. The Morgan fingerprint density at radius 3 is 2.64 bits per heavy atom. The lowest BCUT2D eigenvalue weighted by atomic mass is 10.3. The number of hydrogen-bond acceptors (Lipinski definition) is 1. The zero-order valence-corrected chi connectivity index (χ0v) is 11.1. The van der Waals surface area contributed by atoms with E-state index in [0.717, 1.165) is 9.99 Å². The molecule has 0 aliphatic heterocycles. The summed E-state index contributed by atoms with van der Waals surface area (Å²) in [6.45, 7) is 6.96. The monoisotopic (exact) mass is 268 g/mol. The highest BCUT2D eigenvalue weighted by atomic mass is 79.9. The van der Waals surface area contributed by atoms with E-state index in [2.05, 4.69) is 57.9 Å². The molecule has 0 fully saturated rings. The van der Waals surface area contributed by atoms with Crippen molar-refractivity contribution < 1.29 is 0 Å². The standard InChI is InChI=1S/C10H13BrN2Si/c1-14(2,3)10-7-5-4-6-8(11)9(7)12-13-10/h4-6H,1-3H3,(H,12,13). The smallest absolute Gasteiger partial charge is 0.106 e. The van der Waals surface area contributed by atoms with Crippen LogP contribution in [0.3, 0.4) is 0 Å². The fourth-order valence-corrected chi connectivity index (χ4v) is 3.43. The second-order valence-electron chi connectivity index (χ2n) is 4.48. The molecule has 0 saturated carbocycles. The van der Waals surface area contributed by atoms with Gasteiger partial charge in [-0.1, -0.05) is 31.8 Å². The molecule has 0 unspecified atom stereocenters. The zero-order chi connectivity index (χ0) is 10.3. The summed E-state index contributed by atoms with van der Waals surface area (Å²) in [5.74, 6) is 0. The Hall–Kier alpha value is -0.613. The first-order valence-electron chi connectivity index (χ1n) is 4.63. The molecule has 2 aromatic rings. The van der Waals surface area contributed by atoms with Crippen LogP contribution < -0.4 is 5.32 Å². The van der Waals surface area contributed by atoms with Crippen LogP contribution in [0.1, 0.15) is 0 Å². The first kappa shape index (κ1) is 9.92. The first-order chi connectivity index (χ1) is 6.50. The Balaban J connectivity index is 2.76. The van der Waals surface area contributed by atoms with Crippen LogP contribution in [0.5, 0.6) is 0 Å². The SMILES string of the molecule is C[Si](C)(C)c1[nH]nc2c(Br)cccc12. The summed E-state index contributed by atoms with van der Waals surface area (Å²) in [4.78, 5) is 0. The molecule has 0 radical (unpaired) electrons. The summed E-state index contributed by atoms with van der Waals surface area (Å²) in [6, 6.07) is 6.22. The minimum Gasteiger partial charge on any atom is -0.286 e. The molecule has 2 rings (SSSR count). The Bertz CT molecular complexity index is 470. The summed E-state index contributed by atoms with van der Waals surface area (Å²) >= 11 is 3.51. The van der Waals surface area contributed by atoms with E-state index in [1.807, 2.05) is 6.07 Å². The van der Waals surface area contributed by atoms with Crippen LogP contribution in [0, 0.1) is 0 Å². The number of hydrogen-bond donors (Lipinski definition) is 1. The van der Waals surface area contributed by atoms with Crippen molar-refractivity contribution in [1.82, 2.24) is 10.2 Å². The fraction of sp³-hybridized carbons (Fsp3) is 0.300. The number of aromatic nitrogens is 2. The minimum atomic E-state index is -1.31. The van der Waals surface area contributed by atoms with Crippen LogP contribution >= 0.6 is 15.9 Å². The van der Waals surface area contributed by atoms with Crippen molar-refractivity contribution in [3.63, 3.8) is 0 Å². The predicted octanol–water partition coefficient (Wildman–Crippen LogP) is 2.87. The van der Waals surface area contributed by atoms with Gasteiger partial charge in [-0.3, -0.25) is 5.10 Å². The second-order valence-corrected chi connectivity index (χ2v) is 10.3. The van der Waals surface area contributed by atoms with Gasteiger partial charge in [0.1, 0.15) is 13.6 Å². The van der Waals surface area contributed by atoms with Gasteiger partial charge in [0.2, 0.25) is 0 Å². The van der Waals surface area contributed by atoms with Gasteiger partial charge in [0.05, 0.1) is 0 Å². The molecule has 0 saturated heterocycles. The molecule has 0 aliphatic rings. The van der Waals surface area contributed by atoms with Crippen molar-refractivity contribution in [2.24, 2.45) is 0 Å². The van der Waals surface area contributed by atoms with E-state index >= 15 is 0 Å². The minimum absolute atomic E-state index is 1.05. The van der Waals surface area contributed by atoms with Gasteiger partial charge in [-0.05, 0) is 22.0 Å². The lowest BCUT2D eigenvalue weighted by molar-refractivity contribution is 1.13. The quantitative estimate of drug-likeness (QED) is 0.792. The molecule has 0 aliphatic carbocycles. The highest BCUT2D eigenvalue weighted by Gasteiger charge is 2.22. The molecule has 1 heterocycles. The summed E-state index contributed by atoms with van der Waals surface area (Å²) in [5, 5.41) is 10.1. The van der Waals surface area contributed by atoms with E-state index < -0.39 is 8.07 Å². The Labute approximate surface area is 92.9 Å². The molecule has 74 valence electrons. The van der Waals surface area contributed by atoms with Crippen LogP contribution in [0.2, 0.25) is 19.6 Å². The van der Waals surface area contributed by atoms with Crippen molar-refractivity contribution in [3.05, 3.63) is 22.7 Å². The number of aromatic amines is 1. The van der Waals surface area contributed by atoms with Crippen LogP contribution in [-0.4, -0.2) is 18.3 Å². The molecule has 2 nitrogen and oxygen atoms in total. The van der Waals surface area contributed by atoms with E-state index in [1.54, 1.807) is 0 Å². The van der Waals surface area contributed by atoms with Gasteiger partial charge >= 0.3 is 0 Å². The summed E-state index contributed by atoms with van der Waals surface area (Å²) in [5.41, 5.74) is 1.05. The summed E-state index contributed by atoms with van der Waals surface area (Å²) in [6.07, 6.45) is 0. The predicted molar refractivity (Wildman–Crippen MR) is 66.8 cm³/mol. The van der Waals surface area contributed by atoms with Gasteiger partial charge in [-0.2, -0.15) is 5.10 Å². The Kier molecular flexibility index (Phi) is 2.27. The van der Waals surface area contributed by atoms with Gasteiger partial charge in [-0.15, -0.1) is 0 Å². The number of rotatable bonds is 1. The van der Waals surface area contributed by atoms with Crippen LogP contribution in [0.4, 0.5) is 0 Å². The number of nitrogens with zero attached hydrogens (tertiary/aromatic N) is 1. The van der Waals surface area contributed by atoms with Crippen LogP contribution in [0.15, 0.2) is 22.7 Å². The normalized spacial score (nSPS) is 12.3. The molecule has 0 atom stereocenters. The molecule has 0 bridgehead atoms. The molecule has 14 heavy (non-hydrogen) atoms. The maximum Gasteiger partial charge on any atom is 0.106 e. The van der Waals surface area contributed by atoms with Crippen LogP contribution in [0.25, 0.3) is 10.9 Å². The number of H-pyrrole nitrogens is 1. The maximum atomic E-state index is 4.35. The molecule has 1 aromatic heterocycles. The van der Waals surface area contributed by atoms with Crippen molar-refractivity contribution in [2.75, 3.05) is 0 Å². The number of halogens is 1. The summed E-state index contributed by atoms with van der Waals surface area (Å²) < 4.78 is 1.07. The number of para-hydroxylation sites is 1. The average Bonchev–Trinajstić information content (AvgIpc) is 2.47. The lowest BCUT2D eigenvalue weighted by Gasteiger charge is -2.13. The topological polar surface area (TPSA) is 28.7 Å². The molecular formula is C10H13BrN2Si. The Morgan fingerprint density at radius 2 is 2.00 bits per heavy atom. The maximum absolute atomic E-state index is 4.35. The number of benzene rings is 1. The summed E-state index contributed by atoms with van der Waals surface area (Å²) in [7, 11) is -1.31. The molecule has 0 spiro atoms. The van der Waals surface area contributed by atoms with Gasteiger partial charge in [0.25, 0.3) is 0 Å². The van der Waals surface area contributed by atoms with Gasteiger partial charge in [-0.25, -0.2) is 0 Å². The molecule has 4 heteroatoms. The van der Waals surface area contributed by atoms with E-state index in [9.17, 15) is 0 Å². The van der Waals surface area contributed by atoms with E-state index in [4.69, 9.17) is 0 Å². The van der Waals surface area contributed by atoms with Gasteiger partial charge in [0.15, 0.2) is 0 Å². The largest absolute Gasteiger partial charge is 0.286 e. The molecule has 1 N–H and O–H groups in total.